The Bertz CT molecular complexity index is 698. The maximum atomic E-state index is 12.4. The molecule has 0 radical (unpaired) electrons. The molecule has 0 unspecified atom stereocenters. The second kappa shape index (κ2) is 8.02. The third kappa shape index (κ3) is 4.73. The van der Waals surface area contributed by atoms with Crippen LogP contribution in [0, 0.1) is 0 Å². The molecule has 1 fully saturated rings. The maximum absolute atomic E-state index is 12.4. The van der Waals surface area contributed by atoms with Gasteiger partial charge < -0.3 is 19.9 Å². The molecule has 1 aromatic carbocycles. The number of benzene rings is 1. The van der Waals surface area contributed by atoms with Gasteiger partial charge in [-0.15, -0.1) is 0 Å². The summed E-state index contributed by atoms with van der Waals surface area (Å²) in [4.78, 5) is 16.5. The Morgan fingerprint density at radius 1 is 1.20 bits per heavy atom. The minimum absolute atomic E-state index is 0.0562. The molecular weight excluding hydrogens is 318 g/mol. The number of nitrogens with zero attached hydrogens (tertiary/aromatic N) is 4. The Labute approximate surface area is 148 Å². The summed E-state index contributed by atoms with van der Waals surface area (Å²) in [6, 6.07) is 7.81. The molecule has 2 amide bonds. The van der Waals surface area contributed by atoms with E-state index in [9.17, 15) is 4.79 Å². The van der Waals surface area contributed by atoms with Crippen LogP contribution in [0.3, 0.4) is 0 Å². The predicted octanol–water partition coefficient (Wildman–Crippen LogP) is 2.11. The predicted molar refractivity (Wildman–Crippen MR) is 97.0 cm³/mol. The average molecular weight is 343 g/mol. The summed E-state index contributed by atoms with van der Waals surface area (Å²) < 4.78 is 6.98. The molecule has 0 aliphatic carbocycles. The lowest BCUT2D eigenvalue weighted by Gasteiger charge is -2.20. The van der Waals surface area contributed by atoms with E-state index in [2.05, 4.69) is 22.4 Å². The van der Waals surface area contributed by atoms with Crippen molar-refractivity contribution in [2.75, 3.05) is 45.7 Å². The fourth-order valence-corrected chi connectivity index (χ4v) is 2.88. The number of ether oxygens (including phenoxy) is 1. The molecule has 0 atom stereocenters. The van der Waals surface area contributed by atoms with Crippen molar-refractivity contribution in [3.63, 3.8) is 0 Å². The number of carbonyl (C=O) groups is 1. The Morgan fingerprint density at radius 3 is 2.76 bits per heavy atom. The number of anilines is 1. The van der Waals surface area contributed by atoms with E-state index in [1.807, 2.05) is 40.0 Å². The number of hydrogen-bond donors (Lipinski definition) is 1. The number of carbonyl (C=O) groups excluding carboxylic acids is 1. The van der Waals surface area contributed by atoms with Gasteiger partial charge in [-0.2, -0.15) is 5.10 Å². The summed E-state index contributed by atoms with van der Waals surface area (Å²) in [5.41, 5.74) is 1.84. The third-order valence-corrected chi connectivity index (χ3v) is 4.39. The lowest BCUT2D eigenvalue weighted by molar-refractivity contribution is 0.213. The van der Waals surface area contributed by atoms with Crippen LogP contribution in [0.25, 0.3) is 0 Å². The fraction of sp³-hybridized carbons (Fsp3) is 0.444. The molecule has 1 aliphatic heterocycles. The van der Waals surface area contributed by atoms with Crippen LogP contribution in [0.4, 0.5) is 10.5 Å². The van der Waals surface area contributed by atoms with Crippen molar-refractivity contribution in [3.8, 4) is 5.75 Å². The zero-order chi connectivity index (χ0) is 17.6. The summed E-state index contributed by atoms with van der Waals surface area (Å²) in [5.74, 6) is 0.834. The Morgan fingerprint density at radius 2 is 2.00 bits per heavy atom. The minimum Gasteiger partial charge on any atom is -0.497 e. The number of aromatic nitrogens is 2. The molecule has 0 spiro atoms. The molecule has 7 nitrogen and oxygen atoms in total. The largest absolute Gasteiger partial charge is 0.497 e. The average Bonchev–Trinajstić information content (AvgIpc) is 2.92. The van der Waals surface area contributed by atoms with Gasteiger partial charge in [0.2, 0.25) is 0 Å². The molecule has 3 rings (SSSR count). The number of rotatable bonds is 4. The molecule has 1 saturated heterocycles. The van der Waals surface area contributed by atoms with Crippen LogP contribution in [0.2, 0.25) is 0 Å². The van der Waals surface area contributed by atoms with E-state index in [0.717, 1.165) is 49.6 Å². The van der Waals surface area contributed by atoms with Crippen LogP contribution < -0.4 is 10.1 Å². The molecule has 1 aliphatic rings. The zero-order valence-corrected chi connectivity index (χ0v) is 14.8. The minimum atomic E-state index is -0.0562. The molecule has 1 aromatic heterocycles. The van der Waals surface area contributed by atoms with E-state index in [4.69, 9.17) is 4.74 Å². The van der Waals surface area contributed by atoms with Gasteiger partial charge in [0, 0.05) is 25.8 Å². The highest BCUT2D eigenvalue weighted by atomic mass is 16.5. The molecule has 2 aromatic rings. The molecule has 134 valence electrons. The topological polar surface area (TPSA) is 62.6 Å². The first kappa shape index (κ1) is 17.3. The van der Waals surface area contributed by atoms with Gasteiger partial charge >= 0.3 is 6.03 Å². The van der Waals surface area contributed by atoms with Crippen LogP contribution in [0.1, 0.15) is 12.0 Å². The Kier molecular flexibility index (Phi) is 5.55. The molecule has 0 saturated carbocycles. The summed E-state index contributed by atoms with van der Waals surface area (Å²) in [5, 5.41) is 7.27. The van der Waals surface area contributed by atoms with Crippen molar-refractivity contribution in [2.45, 2.75) is 13.0 Å². The number of hydrogen-bond acceptors (Lipinski definition) is 4. The van der Waals surface area contributed by atoms with Gasteiger partial charge in [0.1, 0.15) is 5.75 Å². The Hall–Kier alpha value is -2.54. The van der Waals surface area contributed by atoms with Crippen molar-refractivity contribution in [3.05, 3.63) is 42.2 Å². The van der Waals surface area contributed by atoms with Crippen LogP contribution in [0.5, 0.6) is 5.75 Å². The van der Waals surface area contributed by atoms with E-state index in [1.165, 1.54) is 0 Å². The van der Waals surface area contributed by atoms with Crippen LogP contribution in [-0.2, 0) is 6.54 Å². The quantitative estimate of drug-likeness (QED) is 0.924. The molecule has 2 heterocycles. The lowest BCUT2D eigenvalue weighted by Crippen LogP contribution is -2.37. The standard InChI is InChI=1S/C18H25N5O2/c1-21-8-3-9-22(11-10-21)18(24)20-16-12-19-23(14-16)13-15-4-6-17(25-2)7-5-15/h4-7,12,14H,3,8-11,13H2,1-2H3,(H,20,24). The van der Waals surface area contributed by atoms with Crippen molar-refractivity contribution in [1.82, 2.24) is 19.6 Å². The Balaban J connectivity index is 1.56. The van der Waals surface area contributed by atoms with Crippen molar-refractivity contribution in [1.29, 1.82) is 0 Å². The van der Waals surface area contributed by atoms with Gasteiger partial charge in [0.05, 0.1) is 25.5 Å². The first-order valence-corrected chi connectivity index (χ1v) is 8.54. The van der Waals surface area contributed by atoms with E-state index in [0.29, 0.717) is 6.54 Å². The number of amides is 2. The summed E-state index contributed by atoms with van der Waals surface area (Å²) in [6.07, 6.45) is 4.54. The monoisotopic (exact) mass is 343 g/mol. The van der Waals surface area contributed by atoms with Crippen molar-refractivity contribution >= 4 is 11.7 Å². The summed E-state index contributed by atoms with van der Waals surface area (Å²) in [6.45, 7) is 4.13. The normalized spacial score (nSPS) is 15.7. The molecular formula is C18H25N5O2. The molecule has 1 N–H and O–H groups in total. The highest BCUT2D eigenvalue weighted by Gasteiger charge is 2.17. The first-order chi connectivity index (χ1) is 12.1. The van der Waals surface area contributed by atoms with Crippen LogP contribution >= 0.6 is 0 Å². The van der Waals surface area contributed by atoms with Crippen molar-refractivity contribution in [2.24, 2.45) is 0 Å². The fourth-order valence-electron chi connectivity index (χ4n) is 2.88. The van der Waals surface area contributed by atoms with Gasteiger partial charge in [-0.3, -0.25) is 4.68 Å². The van der Waals surface area contributed by atoms with Gasteiger partial charge in [-0.1, -0.05) is 12.1 Å². The van der Waals surface area contributed by atoms with Crippen LogP contribution in [-0.4, -0.2) is 65.9 Å². The third-order valence-electron chi connectivity index (χ3n) is 4.39. The van der Waals surface area contributed by atoms with Crippen molar-refractivity contribution < 1.29 is 9.53 Å². The summed E-state index contributed by atoms with van der Waals surface area (Å²) >= 11 is 0. The number of urea groups is 1. The highest BCUT2D eigenvalue weighted by molar-refractivity contribution is 5.89. The lowest BCUT2D eigenvalue weighted by atomic mass is 10.2. The van der Waals surface area contributed by atoms with E-state index in [-0.39, 0.29) is 6.03 Å². The van der Waals surface area contributed by atoms with Gasteiger partial charge in [-0.25, -0.2) is 4.79 Å². The molecule has 0 bridgehead atoms. The second-order valence-corrected chi connectivity index (χ2v) is 6.35. The smallest absolute Gasteiger partial charge is 0.321 e. The number of nitrogens with one attached hydrogen (secondary N) is 1. The number of methoxy groups -OCH3 is 1. The van der Waals surface area contributed by atoms with E-state index in [1.54, 1.807) is 13.3 Å². The molecule has 7 heteroatoms. The van der Waals surface area contributed by atoms with Gasteiger partial charge in [-0.05, 0) is 37.7 Å². The van der Waals surface area contributed by atoms with Gasteiger partial charge in [0.25, 0.3) is 0 Å². The number of likely N-dealkylation sites (N-methyl/N-ethyl adjacent to an activating group) is 1. The molecule has 25 heavy (non-hydrogen) atoms. The maximum Gasteiger partial charge on any atom is 0.321 e. The zero-order valence-electron chi connectivity index (χ0n) is 14.8. The SMILES string of the molecule is COc1ccc(Cn2cc(NC(=O)N3CCCN(C)CC3)cn2)cc1. The first-order valence-electron chi connectivity index (χ1n) is 8.54. The van der Waals surface area contributed by atoms with E-state index < -0.39 is 0 Å². The summed E-state index contributed by atoms with van der Waals surface area (Å²) in [7, 11) is 3.74. The highest BCUT2D eigenvalue weighted by Crippen LogP contribution is 2.14. The van der Waals surface area contributed by atoms with Gasteiger partial charge in [0.15, 0.2) is 0 Å². The van der Waals surface area contributed by atoms with Crippen LogP contribution in [0.15, 0.2) is 36.7 Å². The van der Waals surface area contributed by atoms with E-state index >= 15 is 0 Å². The second-order valence-electron chi connectivity index (χ2n) is 6.35.